The number of imidazole rings is 1. The lowest BCUT2D eigenvalue weighted by Crippen LogP contribution is -2.58. The molecule has 1 saturated heterocycles. The van der Waals surface area contributed by atoms with E-state index in [1.807, 2.05) is 64.3 Å². The molecule has 7 nitrogen and oxygen atoms in total. The van der Waals surface area contributed by atoms with E-state index in [4.69, 9.17) is 0 Å². The van der Waals surface area contributed by atoms with Crippen LogP contribution in [0.5, 0.6) is 0 Å². The van der Waals surface area contributed by atoms with Gasteiger partial charge in [0.1, 0.15) is 12.4 Å². The summed E-state index contributed by atoms with van der Waals surface area (Å²) in [5.74, 6) is 0.188. The van der Waals surface area contributed by atoms with Gasteiger partial charge in [0.2, 0.25) is 15.9 Å². The number of aromatic nitrogens is 2. The molecule has 2 heterocycles. The number of piperidine rings is 1. The summed E-state index contributed by atoms with van der Waals surface area (Å²) in [4.78, 5) is 16.1. The zero-order valence-electron chi connectivity index (χ0n) is 22.0. The highest BCUT2D eigenvalue weighted by Crippen LogP contribution is 2.40. The van der Waals surface area contributed by atoms with Crippen molar-refractivity contribution in [2.75, 3.05) is 26.2 Å². The Morgan fingerprint density at radius 3 is 2.29 bits per heavy atom. The minimum absolute atomic E-state index is 0.00859. The molecule has 0 saturated carbocycles. The standard InChI is InChI=1S/C25H41BN4O3S/c1-8-29(9-2)24(31)23-21(18(3)4)16-30(34(32,33)20-12-10-19(5)11-13-20)17-22(23)26-25-27(6)14-15-28(25)7/h10-15,18,21-23H,8-9,16-17,26H2,1-7H3/t21-,22-,23?/m0/s1. The Morgan fingerprint density at radius 1 is 1.18 bits per heavy atom. The highest BCUT2D eigenvalue weighted by molar-refractivity contribution is 7.89. The highest BCUT2D eigenvalue weighted by Gasteiger charge is 2.45. The molecule has 1 aromatic heterocycles. The van der Waals surface area contributed by atoms with E-state index in [1.165, 1.54) is 5.72 Å². The van der Waals surface area contributed by atoms with Gasteiger partial charge in [0, 0.05) is 25.6 Å². The summed E-state index contributed by atoms with van der Waals surface area (Å²) in [7, 11) is -0.396. The number of hydrogen-bond donors (Lipinski definition) is 0. The van der Waals surface area contributed by atoms with Gasteiger partial charge < -0.3 is 4.90 Å². The average Bonchev–Trinajstić information content (AvgIpc) is 3.11. The summed E-state index contributed by atoms with van der Waals surface area (Å²) >= 11 is 0. The Balaban J connectivity index is 2.06. The van der Waals surface area contributed by atoms with Crippen LogP contribution in [0.2, 0.25) is 5.82 Å². The van der Waals surface area contributed by atoms with Gasteiger partial charge in [0.25, 0.3) is 0 Å². The monoisotopic (exact) mass is 488 g/mol. The predicted octanol–water partition coefficient (Wildman–Crippen LogP) is 1.20. The maximum Gasteiger partial charge on any atom is 0.242 e. The quantitative estimate of drug-likeness (QED) is 0.415. The van der Waals surface area contributed by atoms with Crippen LogP contribution >= 0.6 is 0 Å². The van der Waals surface area contributed by atoms with Crippen LogP contribution < -0.4 is 10.3 Å². The second kappa shape index (κ2) is 10.6. The molecule has 1 unspecified atom stereocenters. The lowest BCUT2D eigenvalue weighted by molar-refractivity contribution is -0.653. The lowest BCUT2D eigenvalue weighted by Gasteiger charge is -2.47. The molecule has 1 aromatic carbocycles. The average molecular weight is 489 g/mol. The summed E-state index contributed by atoms with van der Waals surface area (Å²) in [6.45, 7) is 12.4. The van der Waals surface area contributed by atoms with Gasteiger partial charge in [0.15, 0.2) is 0 Å². The molecule has 34 heavy (non-hydrogen) atoms. The van der Waals surface area contributed by atoms with Crippen LogP contribution in [0, 0.1) is 24.7 Å². The molecule has 0 radical (unpaired) electrons. The van der Waals surface area contributed by atoms with E-state index in [9.17, 15) is 13.2 Å². The third kappa shape index (κ3) is 5.25. The Labute approximate surface area is 206 Å². The molecule has 1 fully saturated rings. The smallest absolute Gasteiger partial charge is 0.242 e. The highest BCUT2D eigenvalue weighted by atomic mass is 32.2. The Kier molecular flexibility index (Phi) is 8.29. The number of carbonyl (C=O) groups is 1. The molecule has 0 spiro atoms. The number of amides is 1. The number of hydrogen-bond acceptors (Lipinski definition) is 3. The first-order valence-corrected chi connectivity index (χ1v) is 14.1. The fraction of sp³-hybridized carbons (Fsp3) is 0.600. The van der Waals surface area contributed by atoms with E-state index < -0.39 is 17.3 Å². The first kappa shape index (κ1) is 26.5. The van der Waals surface area contributed by atoms with E-state index in [0.717, 1.165) is 5.56 Å². The fourth-order valence-electron chi connectivity index (χ4n) is 5.81. The normalized spacial score (nSPS) is 21.7. The van der Waals surface area contributed by atoms with E-state index >= 15 is 0 Å². The second-order valence-electron chi connectivity index (χ2n) is 10.4. The molecular formula is C25H41BN4O3S. The number of nitrogens with zero attached hydrogens (tertiary/aromatic N) is 4. The van der Waals surface area contributed by atoms with E-state index in [1.54, 1.807) is 16.4 Å². The number of aryl methyl sites for hydroxylation is 3. The Hall–Kier alpha value is -2.13. The van der Waals surface area contributed by atoms with Crippen LogP contribution in [-0.4, -0.2) is 61.6 Å². The molecule has 188 valence electrons. The summed E-state index contributed by atoms with van der Waals surface area (Å²) in [5, 5.41) is 0. The predicted molar refractivity (Wildman–Crippen MR) is 138 cm³/mol. The Morgan fingerprint density at radius 2 is 1.79 bits per heavy atom. The van der Waals surface area contributed by atoms with Crippen LogP contribution in [-0.2, 0) is 28.9 Å². The van der Waals surface area contributed by atoms with Crippen LogP contribution in [0.15, 0.2) is 41.6 Å². The molecule has 3 atom stereocenters. The fourth-order valence-corrected chi connectivity index (χ4v) is 7.39. The van der Waals surface area contributed by atoms with Crippen molar-refractivity contribution >= 4 is 28.9 Å². The maximum atomic E-state index is 13.8. The van der Waals surface area contributed by atoms with Gasteiger partial charge in [-0.1, -0.05) is 31.5 Å². The summed E-state index contributed by atoms with van der Waals surface area (Å²) in [6.07, 6.45) is 4.06. The lowest BCUT2D eigenvalue weighted by atomic mass is 9.53. The van der Waals surface area contributed by atoms with Gasteiger partial charge in [-0.15, -0.1) is 5.82 Å². The van der Waals surface area contributed by atoms with E-state index in [-0.39, 0.29) is 29.5 Å². The number of carbonyl (C=O) groups excluding carboxylic acids is 1. The zero-order chi connectivity index (χ0) is 25.2. The summed E-state index contributed by atoms with van der Waals surface area (Å²) in [5.41, 5.74) is 2.24. The first-order chi connectivity index (χ1) is 16.0. The molecule has 1 aliphatic heterocycles. The minimum atomic E-state index is -3.64. The topological polar surface area (TPSA) is 66.5 Å². The van der Waals surface area contributed by atoms with Crippen molar-refractivity contribution in [2.45, 2.75) is 45.3 Å². The van der Waals surface area contributed by atoms with Crippen molar-refractivity contribution in [1.29, 1.82) is 0 Å². The van der Waals surface area contributed by atoms with Gasteiger partial charge in [0.05, 0.1) is 32.0 Å². The molecule has 0 N–H and O–H groups in total. The van der Waals surface area contributed by atoms with Crippen LogP contribution in [0.1, 0.15) is 33.3 Å². The third-order valence-corrected chi connectivity index (χ3v) is 9.87. The number of rotatable bonds is 8. The SMILES string of the molecule is CCN(CC)C(=O)C1[C@H](C(C)C)CN(S(=O)(=O)c2ccc(C)cc2)C[C@@H]1[BH2-]c1n(C)cc[n+]1C. The largest absolute Gasteiger partial charge is 0.343 e. The van der Waals surface area contributed by atoms with E-state index in [0.29, 0.717) is 31.1 Å². The third-order valence-electron chi connectivity index (χ3n) is 8.02. The van der Waals surface area contributed by atoms with Crippen LogP contribution in [0.4, 0.5) is 0 Å². The Bertz CT molecular complexity index is 1070. The van der Waals surface area contributed by atoms with Gasteiger partial charge in [-0.2, -0.15) is 0 Å². The van der Waals surface area contributed by atoms with Crippen molar-refractivity contribution < 1.29 is 17.8 Å². The minimum Gasteiger partial charge on any atom is -0.343 e. The molecule has 0 bridgehead atoms. The molecule has 1 aliphatic rings. The van der Waals surface area contributed by atoms with E-state index in [2.05, 4.69) is 23.0 Å². The molecule has 2 aromatic rings. The van der Waals surface area contributed by atoms with Crippen LogP contribution in [0.25, 0.3) is 0 Å². The van der Waals surface area contributed by atoms with Gasteiger partial charge in [-0.3, -0.25) is 13.9 Å². The molecule has 9 heteroatoms. The van der Waals surface area contributed by atoms with Crippen molar-refractivity contribution in [3.63, 3.8) is 0 Å². The van der Waals surface area contributed by atoms with Crippen LogP contribution in [0.3, 0.4) is 0 Å². The van der Waals surface area contributed by atoms with Crippen molar-refractivity contribution in [3.05, 3.63) is 42.2 Å². The molecular weight excluding hydrogens is 447 g/mol. The molecule has 3 rings (SSSR count). The first-order valence-electron chi connectivity index (χ1n) is 12.7. The second-order valence-corrected chi connectivity index (χ2v) is 12.4. The molecule has 0 aliphatic carbocycles. The summed E-state index contributed by atoms with van der Waals surface area (Å²) in [6, 6.07) is 7.09. The summed E-state index contributed by atoms with van der Waals surface area (Å²) < 4.78 is 33.3. The van der Waals surface area contributed by atoms with Crippen molar-refractivity contribution in [3.8, 4) is 0 Å². The molecule has 1 amide bonds. The van der Waals surface area contributed by atoms with Gasteiger partial charge in [-0.05, 0) is 51.3 Å². The maximum absolute atomic E-state index is 13.8. The van der Waals surface area contributed by atoms with Crippen molar-refractivity contribution in [1.82, 2.24) is 13.8 Å². The van der Waals surface area contributed by atoms with Gasteiger partial charge >= 0.3 is 0 Å². The van der Waals surface area contributed by atoms with Crippen molar-refractivity contribution in [2.24, 2.45) is 31.8 Å². The number of sulfonamides is 1. The van der Waals surface area contributed by atoms with Gasteiger partial charge in [-0.25, -0.2) is 12.7 Å². The number of benzene rings is 1. The zero-order valence-corrected chi connectivity index (χ0v) is 22.8.